The summed E-state index contributed by atoms with van der Waals surface area (Å²) in [4.78, 5) is 63.0. The molecule has 314 valence electrons. The van der Waals surface area contributed by atoms with E-state index in [9.17, 15) is 14.7 Å². The first-order valence-electron chi connectivity index (χ1n) is 20.2. The molecule has 2 aliphatic carbocycles. The Labute approximate surface area is 368 Å². The molecule has 6 atom stereocenters. The molecule has 62 heavy (non-hydrogen) atoms. The Morgan fingerprint density at radius 3 is 2.11 bits per heavy atom. The number of anilines is 3. The van der Waals surface area contributed by atoms with E-state index in [1.54, 1.807) is 86.8 Å². The van der Waals surface area contributed by atoms with Gasteiger partial charge in [0.05, 0.1) is 58.1 Å². The number of fused-ring (bicyclic) bond motifs is 4. The number of imide groups is 2. The molecule has 0 spiro atoms. The molecule has 2 heterocycles. The number of hydrazine groups is 1. The molecule has 2 N–H and O–H groups in total. The Morgan fingerprint density at radius 2 is 1.48 bits per heavy atom. The summed E-state index contributed by atoms with van der Waals surface area (Å²) in [5.41, 5.74) is 7.05. The molecule has 0 aromatic heterocycles. The van der Waals surface area contributed by atoms with Crippen molar-refractivity contribution in [2.75, 3.05) is 36.4 Å². The van der Waals surface area contributed by atoms with Gasteiger partial charge in [-0.25, -0.2) is 0 Å². The van der Waals surface area contributed by atoms with Crippen molar-refractivity contribution in [2.45, 2.75) is 31.1 Å². The number of nitrogens with one attached hydrogen (secondary N) is 1. The summed E-state index contributed by atoms with van der Waals surface area (Å²) in [5, 5.41) is 21.0. The lowest BCUT2D eigenvalue weighted by Crippen LogP contribution is -2.53. The smallest absolute Gasteiger partial charge is 0.260 e. The molecule has 6 unspecified atom stereocenters. The Balaban J connectivity index is 1.11. The predicted molar refractivity (Wildman–Crippen MR) is 237 cm³/mol. The maximum absolute atomic E-state index is 15.5. The second kappa shape index (κ2) is 15.8. The number of phenolic OH excluding ortho intramolecular Hbond substituents is 1. The standard InChI is InChI=1S/C48H42Cl2N6O6/c1-26-23-27(5-22-41(26)57)43-35-19-20-36-42(46(60)55(44(36)58)33-15-11-31(12-16-33)52-51-30-9-13-32(14-10-30)54(2)3)37(35)25-38-45(59)56(53-40-21-8-29(49)24-39(40)50)47(61)48(38,43)28-6-17-34(62-4)18-7-28/h5-19,21-24,36-38,42-43,53,57H,20,25H2,1-4H3. The van der Waals surface area contributed by atoms with Gasteiger partial charge in [-0.15, -0.1) is 0 Å². The number of carbonyl (C=O) groups excluding carboxylic acids is 4. The molecule has 3 fully saturated rings. The fourth-order valence-corrected chi connectivity index (χ4v) is 10.4. The van der Waals surface area contributed by atoms with Gasteiger partial charge in [0.15, 0.2) is 0 Å². The van der Waals surface area contributed by atoms with Crippen molar-refractivity contribution >= 4 is 75.3 Å². The van der Waals surface area contributed by atoms with Crippen molar-refractivity contribution in [3.63, 3.8) is 0 Å². The van der Waals surface area contributed by atoms with Crippen LogP contribution < -0.4 is 20.0 Å². The van der Waals surface area contributed by atoms with Crippen molar-refractivity contribution in [1.29, 1.82) is 0 Å². The van der Waals surface area contributed by atoms with E-state index < -0.39 is 46.8 Å². The first-order chi connectivity index (χ1) is 29.8. The molecule has 12 nitrogen and oxygen atoms in total. The van der Waals surface area contributed by atoms with Crippen LogP contribution in [0.3, 0.4) is 0 Å². The van der Waals surface area contributed by atoms with E-state index in [0.29, 0.717) is 50.2 Å². The van der Waals surface area contributed by atoms with Crippen molar-refractivity contribution in [1.82, 2.24) is 5.01 Å². The highest BCUT2D eigenvalue weighted by molar-refractivity contribution is 6.36. The second-order valence-electron chi connectivity index (χ2n) is 16.4. The number of hydrogen-bond donors (Lipinski definition) is 2. The predicted octanol–water partition coefficient (Wildman–Crippen LogP) is 9.69. The van der Waals surface area contributed by atoms with Crippen molar-refractivity contribution in [3.8, 4) is 11.5 Å². The third kappa shape index (κ3) is 6.60. The van der Waals surface area contributed by atoms with Crippen LogP contribution in [0.25, 0.3) is 0 Å². The monoisotopic (exact) mass is 868 g/mol. The number of rotatable bonds is 9. The number of allylic oxidation sites excluding steroid dienone is 2. The Bertz CT molecular complexity index is 2700. The van der Waals surface area contributed by atoms with Crippen LogP contribution in [-0.4, -0.2) is 54.9 Å². The van der Waals surface area contributed by atoms with Gasteiger partial charge in [0.25, 0.3) is 11.8 Å². The minimum absolute atomic E-state index is 0.0710. The van der Waals surface area contributed by atoms with Gasteiger partial charge in [-0.1, -0.05) is 59.1 Å². The molecule has 1 saturated carbocycles. The third-order valence-corrected chi connectivity index (χ3v) is 13.4. The average molecular weight is 870 g/mol. The minimum atomic E-state index is -1.53. The number of ether oxygens (including phenoxy) is 1. The zero-order valence-electron chi connectivity index (χ0n) is 34.3. The molecule has 14 heteroatoms. The van der Waals surface area contributed by atoms with Gasteiger partial charge < -0.3 is 14.7 Å². The van der Waals surface area contributed by atoms with E-state index in [1.165, 1.54) is 11.0 Å². The number of azo groups is 1. The van der Waals surface area contributed by atoms with Crippen LogP contribution in [0.4, 0.5) is 28.4 Å². The van der Waals surface area contributed by atoms with E-state index in [-0.39, 0.29) is 35.4 Å². The van der Waals surface area contributed by atoms with E-state index in [0.717, 1.165) is 16.3 Å². The molecule has 2 aliphatic heterocycles. The topological polar surface area (TPSA) is 144 Å². The van der Waals surface area contributed by atoms with E-state index >= 15 is 9.59 Å². The molecule has 4 aliphatic rings. The van der Waals surface area contributed by atoms with E-state index in [1.807, 2.05) is 55.4 Å². The van der Waals surface area contributed by atoms with Gasteiger partial charge in [0, 0.05) is 30.7 Å². The number of nitrogens with zero attached hydrogens (tertiary/aromatic N) is 5. The average Bonchev–Trinajstić information content (AvgIpc) is 3.65. The highest BCUT2D eigenvalue weighted by Gasteiger charge is 2.70. The van der Waals surface area contributed by atoms with E-state index in [2.05, 4.69) is 15.7 Å². The number of benzene rings is 5. The number of hydrogen-bond acceptors (Lipinski definition) is 10. The van der Waals surface area contributed by atoms with Gasteiger partial charge in [-0.05, 0) is 127 Å². The highest BCUT2D eigenvalue weighted by atomic mass is 35.5. The molecule has 0 bridgehead atoms. The maximum atomic E-state index is 15.5. The number of aryl methyl sites for hydroxylation is 1. The number of carbonyl (C=O) groups is 4. The van der Waals surface area contributed by atoms with Crippen LogP contribution in [0.1, 0.15) is 35.4 Å². The SMILES string of the molecule is COc1ccc(C23C(=O)N(Nc4ccc(Cl)cc4Cl)C(=O)C2CC2C(=CCC4C(=O)N(c5ccc(N=Nc6ccc(N(C)C)cc6)cc5)C(=O)C42)C3c2ccc(O)c(C)c2)cc1. The zero-order valence-corrected chi connectivity index (χ0v) is 35.8. The lowest BCUT2D eigenvalue weighted by Gasteiger charge is -2.50. The van der Waals surface area contributed by atoms with Crippen LogP contribution in [0.15, 0.2) is 131 Å². The fourth-order valence-electron chi connectivity index (χ4n) is 9.93. The fraction of sp³-hybridized carbons (Fsp3) is 0.250. The summed E-state index contributed by atoms with van der Waals surface area (Å²) in [6.07, 6.45) is 2.34. The summed E-state index contributed by atoms with van der Waals surface area (Å²) >= 11 is 12.8. The molecule has 0 radical (unpaired) electrons. The molecule has 4 amide bonds. The zero-order chi connectivity index (χ0) is 43.6. The van der Waals surface area contributed by atoms with Crippen LogP contribution in [-0.2, 0) is 24.6 Å². The quantitative estimate of drug-likeness (QED) is 0.0847. The summed E-state index contributed by atoms with van der Waals surface area (Å²) < 4.78 is 5.50. The highest BCUT2D eigenvalue weighted by Crippen LogP contribution is 2.64. The van der Waals surface area contributed by atoms with Crippen LogP contribution >= 0.6 is 23.2 Å². The Hall–Kier alpha value is -6.50. The van der Waals surface area contributed by atoms with Crippen molar-refractivity contribution < 1.29 is 29.0 Å². The number of halogens is 2. The van der Waals surface area contributed by atoms with E-state index in [4.69, 9.17) is 27.9 Å². The Kier molecular flexibility index (Phi) is 10.4. The number of phenols is 1. The van der Waals surface area contributed by atoms with Crippen LogP contribution in [0.5, 0.6) is 11.5 Å². The molecule has 2 saturated heterocycles. The largest absolute Gasteiger partial charge is 0.508 e. The van der Waals surface area contributed by atoms with Crippen LogP contribution in [0.2, 0.25) is 10.0 Å². The third-order valence-electron chi connectivity index (χ3n) is 12.9. The number of methoxy groups -OCH3 is 1. The summed E-state index contributed by atoms with van der Waals surface area (Å²) in [6.45, 7) is 1.77. The van der Waals surface area contributed by atoms with Gasteiger partial charge in [0.1, 0.15) is 11.5 Å². The first kappa shape index (κ1) is 40.9. The molecule has 5 aromatic rings. The lowest BCUT2D eigenvalue weighted by atomic mass is 9.49. The molecule has 9 rings (SSSR count). The normalized spacial score (nSPS) is 24.2. The lowest BCUT2D eigenvalue weighted by molar-refractivity contribution is -0.138. The van der Waals surface area contributed by atoms with Gasteiger partial charge in [0.2, 0.25) is 11.8 Å². The molecular formula is C48H42Cl2N6O6. The van der Waals surface area contributed by atoms with Gasteiger partial charge in [-0.2, -0.15) is 15.2 Å². The summed E-state index contributed by atoms with van der Waals surface area (Å²) in [5.74, 6) is -4.96. The summed E-state index contributed by atoms with van der Waals surface area (Å²) in [7, 11) is 5.47. The summed E-state index contributed by atoms with van der Waals surface area (Å²) in [6, 6.07) is 31.5. The van der Waals surface area contributed by atoms with Crippen molar-refractivity contribution in [2.24, 2.45) is 33.9 Å². The first-order valence-corrected chi connectivity index (χ1v) is 21.0. The Morgan fingerprint density at radius 1 is 0.806 bits per heavy atom. The maximum Gasteiger partial charge on any atom is 0.260 e. The number of amides is 4. The minimum Gasteiger partial charge on any atom is -0.508 e. The van der Waals surface area contributed by atoms with Gasteiger partial charge in [-0.3, -0.25) is 29.5 Å². The number of aromatic hydroxyl groups is 1. The van der Waals surface area contributed by atoms with Gasteiger partial charge >= 0.3 is 0 Å². The molecular weight excluding hydrogens is 827 g/mol. The second-order valence-corrected chi connectivity index (χ2v) is 17.2. The molecule has 5 aromatic carbocycles. The van der Waals surface area contributed by atoms with Crippen molar-refractivity contribution in [3.05, 3.63) is 148 Å². The van der Waals surface area contributed by atoms with Crippen LogP contribution in [0, 0.1) is 30.6 Å².